The minimum absolute atomic E-state index is 0. The second-order valence-corrected chi connectivity index (χ2v) is 7.10. The van der Waals surface area contributed by atoms with Crippen LogP contribution in [0.1, 0.15) is 13.8 Å². The maximum Gasteiger partial charge on any atom is 0.244 e. The Kier molecular flexibility index (Phi) is 9.79. The molecular weight excluding hydrogens is 377 g/mol. The molecule has 0 spiro atoms. The van der Waals surface area contributed by atoms with Gasteiger partial charge in [-0.3, -0.25) is 4.79 Å². The molecule has 10 heteroatoms. The Hall–Kier alpha value is -0.900. The van der Waals surface area contributed by atoms with Gasteiger partial charge in [0.2, 0.25) is 15.9 Å². The number of carbonyl (C=O) groups is 1. The number of nitrogens with one attached hydrogen (secondary N) is 1. The van der Waals surface area contributed by atoms with Gasteiger partial charge in [-0.1, -0.05) is 25.4 Å². The van der Waals surface area contributed by atoms with Crippen LogP contribution in [0.2, 0.25) is 5.02 Å². The minimum atomic E-state index is -3.73. The van der Waals surface area contributed by atoms with E-state index in [9.17, 15) is 13.2 Å². The lowest BCUT2D eigenvalue weighted by Gasteiger charge is -2.20. The molecule has 1 aromatic rings. The van der Waals surface area contributed by atoms with Crippen LogP contribution in [0.25, 0.3) is 0 Å². The zero-order chi connectivity index (χ0) is 17.6. The Bertz CT molecular complexity index is 651. The van der Waals surface area contributed by atoms with Gasteiger partial charge in [0.1, 0.15) is 10.9 Å². The Morgan fingerprint density at radius 2 is 1.96 bits per heavy atom. The zero-order valence-electron chi connectivity index (χ0n) is 13.8. The highest BCUT2D eigenvalue weighted by Crippen LogP contribution is 2.27. The number of sulfonamides is 1. The molecule has 1 aromatic carbocycles. The monoisotopic (exact) mass is 399 g/mol. The van der Waals surface area contributed by atoms with Gasteiger partial charge in [-0.25, -0.2) is 8.42 Å². The highest BCUT2D eigenvalue weighted by atomic mass is 35.5. The Morgan fingerprint density at radius 1 is 1.38 bits per heavy atom. The first-order valence-corrected chi connectivity index (χ1v) is 8.94. The summed E-state index contributed by atoms with van der Waals surface area (Å²) in [5.41, 5.74) is 5.93. The highest BCUT2D eigenvalue weighted by Gasteiger charge is 2.25. The number of ether oxygens (including phenoxy) is 1. The highest BCUT2D eigenvalue weighted by molar-refractivity contribution is 7.89. The molecule has 0 aromatic heterocycles. The molecule has 0 fully saturated rings. The third-order valence-electron chi connectivity index (χ3n) is 3.20. The molecule has 0 radical (unpaired) electrons. The van der Waals surface area contributed by atoms with Gasteiger partial charge < -0.3 is 15.8 Å². The van der Waals surface area contributed by atoms with Crippen LogP contribution in [0.4, 0.5) is 5.69 Å². The number of anilines is 1. The number of methoxy groups -OCH3 is 1. The van der Waals surface area contributed by atoms with Crippen LogP contribution in [-0.2, 0) is 19.6 Å². The predicted octanol–water partition coefficient (Wildman–Crippen LogP) is 1.70. The van der Waals surface area contributed by atoms with E-state index in [-0.39, 0.29) is 28.9 Å². The Balaban J connectivity index is 0.00000529. The van der Waals surface area contributed by atoms with Crippen molar-refractivity contribution in [1.82, 2.24) is 4.31 Å². The first-order chi connectivity index (χ1) is 10.8. The quantitative estimate of drug-likeness (QED) is 0.692. The number of benzene rings is 1. The van der Waals surface area contributed by atoms with E-state index >= 15 is 0 Å². The van der Waals surface area contributed by atoms with Gasteiger partial charge >= 0.3 is 0 Å². The third-order valence-corrected chi connectivity index (χ3v) is 5.74. The van der Waals surface area contributed by atoms with Crippen LogP contribution in [-0.4, -0.2) is 51.5 Å². The molecule has 1 atom stereocenters. The van der Waals surface area contributed by atoms with Crippen LogP contribution in [0.15, 0.2) is 23.1 Å². The van der Waals surface area contributed by atoms with E-state index in [1.807, 2.05) is 0 Å². The SMILES string of the molecule is CCN(CC)S(=O)(=O)c1cc(NC(=O)C(N)COC)ccc1Cl.Cl. The molecule has 0 saturated carbocycles. The van der Waals surface area contributed by atoms with E-state index in [4.69, 9.17) is 22.1 Å². The number of amides is 1. The molecule has 24 heavy (non-hydrogen) atoms. The molecule has 1 unspecified atom stereocenters. The average Bonchev–Trinajstić information content (AvgIpc) is 2.50. The number of rotatable bonds is 8. The van der Waals surface area contributed by atoms with Gasteiger partial charge in [0.05, 0.1) is 11.6 Å². The molecule has 0 saturated heterocycles. The van der Waals surface area contributed by atoms with E-state index in [0.29, 0.717) is 18.8 Å². The fourth-order valence-corrected chi connectivity index (χ4v) is 3.93. The molecule has 138 valence electrons. The molecule has 0 aliphatic carbocycles. The van der Waals surface area contributed by atoms with Gasteiger partial charge in [-0.05, 0) is 18.2 Å². The second kappa shape index (κ2) is 10.2. The summed E-state index contributed by atoms with van der Waals surface area (Å²) in [5, 5.41) is 2.65. The zero-order valence-corrected chi connectivity index (χ0v) is 16.2. The summed E-state index contributed by atoms with van der Waals surface area (Å²) in [6.45, 7) is 4.19. The van der Waals surface area contributed by atoms with Crippen LogP contribution in [0.5, 0.6) is 0 Å². The maximum atomic E-state index is 12.6. The fraction of sp³-hybridized carbons (Fsp3) is 0.500. The smallest absolute Gasteiger partial charge is 0.244 e. The summed E-state index contributed by atoms with van der Waals surface area (Å²) < 4.78 is 31.2. The van der Waals surface area contributed by atoms with Crippen molar-refractivity contribution in [2.45, 2.75) is 24.8 Å². The van der Waals surface area contributed by atoms with E-state index in [0.717, 1.165) is 0 Å². The van der Waals surface area contributed by atoms with Crippen molar-refractivity contribution in [3.63, 3.8) is 0 Å². The van der Waals surface area contributed by atoms with E-state index < -0.39 is 22.0 Å². The van der Waals surface area contributed by atoms with Crippen LogP contribution >= 0.6 is 24.0 Å². The molecule has 0 aliphatic heterocycles. The van der Waals surface area contributed by atoms with Crippen molar-refractivity contribution in [2.24, 2.45) is 5.73 Å². The van der Waals surface area contributed by atoms with Crippen molar-refractivity contribution >= 4 is 45.6 Å². The van der Waals surface area contributed by atoms with Gasteiger partial charge in [0, 0.05) is 25.9 Å². The Morgan fingerprint density at radius 3 is 2.46 bits per heavy atom. The molecule has 1 rings (SSSR count). The number of hydrogen-bond donors (Lipinski definition) is 2. The Labute approximate surface area is 153 Å². The number of halogens is 2. The van der Waals surface area contributed by atoms with Crippen molar-refractivity contribution in [2.75, 3.05) is 32.1 Å². The van der Waals surface area contributed by atoms with Crippen molar-refractivity contribution in [1.29, 1.82) is 0 Å². The minimum Gasteiger partial charge on any atom is -0.383 e. The van der Waals surface area contributed by atoms with Gasteiger partial charge in [0.15, 0.2) is 0 Å². The third kappa shape index (κ3) is 5.58. The topological polar surface area (TPSA) is 102 Å². The van der Waals surface area contributed by atoms with Crippen LogP contribution in [0.3, 0.4) is 0 Å². The summed E-state index contributed by atoms with van der Waals surface area (Å²) in [6, 6.07) is 3.42. The van der Waals surface area contributed by atoms with Crippen molar-refractivity contribution < 1.29 is 17.9 Å². The molecule has 0 aliphatic rings. The van der Waals surface area contributed by atoms with Gasteiger partial charge in [-0.2, -0.15) is 4.31 Å². The predicted molar refractivity (Wildman–Crippen MR) is 97.3 cm³/mol. The molecule has 0 bridgehead atoms. The van der Waals surface area contributed by atoms with Crippen LogP contribution < -0.4 is 11.1 Å². The number of nitrogens with zero attached hydrogens (tertiary/aromatic N) is 1. The average molecular weight is 400 g/mol. The fourth-order valence-electron chi connectivity index (χ4n) is 1.97. The van der Waals surface area contributed by atoms with Crippen molar-refractivity contribution in [3.05, 3.63) is 23.2 Å². The van der Waals surface area contributed by atoms with E-state index in [2.05, 4.69) is 5.32 Å². The largest absolute Gasteiger partial charge is 0.383 e. The second-order valence-electron chi connectivity index (χ2n) is 4.79. The molecule has 7 nitrogen and oxygen atoms in total. The summed E-state index contributed by atoms with van der Waals surface area (Å²) in [6.07, 6.45) is 0. The maximum absolute atomic E-state index is 12.6. The lowest BCUT2D eigenvalue weighted by Crippen LogP contribution is -2.39. The van der Waals surface area contributed by atoms with E-state index in [1.165, 1.54) is 29.6 Å². The molecule has 0 heterocycles. The summed E-state index contributed by atoms with van der Waals surface area (Å²) in [7, 11) is -2.29. The van der Waals surface area contributed by atoms with E-state index in [1.54, 1.807) is 13.8 Å². The molecular formula is C14H23Cl2N3O4S. The van der Waals surface area contributed by atoms with Gasteiger partial charge in [-0.15, -0.1) is 12.4 Å². The number of carbonyl (C=O) groups excluding carboxylic acids is 1. The lowest BCUT2D eigenvalue weighted by atomic mass is 10.2. The van der Waals surface area contributed by atoms with Crippen LogP contribution in [0, 0.1) is 0 Å². The molecule has 3 N–H and O–H groups in total. The van der Waals surface area contributed by atoms with Crippen molar-refractivity contribution in [3.8, 4) is 0 Å². The first-order valence-electron chi connectivity index (χ1n) is 7.13. The molecule has 1 amide bonds. The first kappa shape index (κ1) is 23.1. The normalized spacial score (nSPS) is 12.6. The lowest BCUT2D eigenvalue weighted by molar-refractivity contribution is -0.118. The number of nitrogens with two attached hydrogens (primary N) is 1. The summed E-state index contributed by atoms with van der Waals surface area (Å²) >= 11 is 6.02. The standard InChI is InChI=1S/C14H22ClN3O4S.ClH/c1-4-18(5-2)23(20,21)13-8-10(6-7-11(13)15)17-14(19)12(16)9-22-3;/h6-8,12H,4-5,9,16H2,1-3H3,(H,17,19);1H. The number of hydrogen-bond acceptors (Lipinski definition) is 5. The van der Waals surface area contributed by atoms with Gasteiger partial charge in [0.25, 0.3) is 0 Å². The summed E-state index contributed by atoms with van der Waals surface area (Å²) in [4.78, 5) is 11.8. The summed E-state index contributed by atoms with van der Waals surface area (Å²) in [5.74, 6) is -0.472.